The summed E-state index contributed by atoms with van der Waals surface area (Å²) in [6, 6.07) is 3.83. The van der Waals surface area contributed by atoms with Crippen molar-refractivity contribution in [2.45, 2.75) is 45.8 Å². The smallest absolute Gasteiger partial charge is 0.325 e. The first-order valence-electron chi connectivity index (χ1n) is 9.88. The average Bonchev–Trinajstić information content (AvgIpc) is 2.67. The van der Waals surface area contributed by atoms with E-state index in [0.29, 0.717) is 28.5 Å². The van der Waals surface area contributed by atoms with Crippen LogP contribution in [0.5, 0.6) is 0 Å². The maximum atomic E-state index is 12.9. The number of hydrogen-bond donors (Lipinski definition) is 1. The van der Waals surface area contributed by atoms with Gasteiger partial charge in [-0.3, -0.25) is 10.4 Å². The molecule has 0 saturated carbocycles. The molecule has 1 saturated heterocycles. The van der Waals surface area contributed by atoms with Gasteiger partial charge in [0.15, 0.2) is 11.7 Å². The number of hydrazone groups is 1. The van der Waals surface area contributed by atoms with Gasteiger partial charge < -0.3 is 9.80 Å². The lowest BCUT2D eigenvalue weighted by atomic mass is 10.0. The fourth-order valence-corrected chi connectivity index (χ4v) is 3.39. The molecule has 1 atom stereocenters. The van der Waals surface area contributed by atoms with E-state index < -0.39 is 11.7 Å². The van der Waals surface area contributed by atoms with Gasteiger partial charge in [-0.15, -0.1) is 0 Å². The van der Waals surface area contributed by atoms with E-state index >= 15 is 0 Å². The molecule has 0 radical (unpaired) electrons. The second-order valence-corrected chi connectivity index (χ2v) is 7.12. The number of aryl methyl sites for hydroxylation is 1. The first kappa shape index (κ1) is 22.9. The van der Waals surface area contributed by atoms with Crippen molar-refractivity contribution in [2.24, 2.45) is 10.1 Å². The number of aliphatic imine (C=N–C) groups is 1. The Morgan fingerprint density at radius 3 is 2.52 bits per heavy atom. The van der Waals surface area contributed by atoms with Gasteiger partial charge in [-0.05, 0) is 51.1 Å². The van der Waals surface area contributed by atoms with E-state index in [1.165, 1.54) is 6.07 Å². The van der Waals surface area contributed by atoms with E-state index in [-0.39, 0.29) is 6.04 Å². The molecule has 2 aliphatic rings. The van der Waals surface area contributed by atoms with Crippen LogP contribution in [0.15, 0.2) is 40.6 Å². The summed E-state index contributed by atoms with van der Waals surface area (Å²) < 4.78 is 38.7. The van der Waals surface area contributed by atoms with Gasteiger partial charge in [-0.1, -0.05) is 26.5 Å². The SMILES string of the molecule is C=C1C(=NC2CCCN(C)C2)NN=C(c2ccc(C(F)(F)F)cc2C)N1C.CC. The molecule has 0 aliphatic carbocycles. The lowest BCUT2D eigenvalue weighted by Crippen LogP contribution is -2.43. The Labute approximate surface area is 171 Å². The Kier molecular flexibility index (Phi) is 7.46. The largest absolute Gasteiger partial charge is 0.416 e. The Balaban J connectivity index is 0.00000145. The molecule has 1 aromatic rings. The standard InChI is InChI=1S/C19H24F3N5.C2H6/c1-12-10-14(19(20,21)22)7-8-16(12)18-25-24-17(13(2)27(18)4)23-15-6-5-9-26(3)11-15;1-2/h7-8,10,15H,2,5-6,9,11H2,1,3-4H3,(H,23,24);1-2H3. The summed E-state index contributed by atoms with van der Waals surface area (Å²) in [5.41, 5.74) is 4.04. The average molecular weight is 410 g/mol. The molecule has 1 unspecified atom stereocenters. The van der Waals surface area contributed by atoms with E-state index in [0.717, 1.165) is 38.1 Å². The van der Waals surface area contributed by atoms with Crippen molar-refractivity contribution in [3.63, 3.8) is 0 Å². The quantitative estimate of drug-likeness (QED) is 0.795. The van der Waals surface area contributed by atoms with Gasteiger partial charge in [-0.25, -0.2) is 0 Å². The van der Waals surface area contributed by atoms with E-state index in [4.69, 9.17) is 4.99 Å². The number of halogens is 3. The van der Waals surface area contributed by atoms with Gasteiger partial charge >= 0.3 is 6.18 Å². The minimum absolute atomic E-state index is 0.181. The van der Waals surface area contributed by atoms with Crippen molar-refractivity contribution >= 4 is 11.7 Å². The minimum atomic E-state index is -4.36. The van der Waals surface area contributed by atoms with Crippen LogP contribution in [0.25, 0.3) is 0 Å². The number of amidine groups is 2. The molecule has 2 heterocycles. The fraction of sp³-hybridized carbons (Fsp3) is 0.524. The first-order valence-corrected chi connectivity index (χ1v) is 9.88. The molecule has 1 N–H and O–H groups in total. The van der Waals surface area contributed by atoms with Crippen LogP contribution in [0, 0.1) is 6.92 Å². The highest BCUT2D eigenvalue weighted by molar-refractivity contribution is 6.10. The van der Waals surface area contributed by atoms with Gasteiger partial charge in [0.25, 0.3) is 0 Å². The van der Waals surface area contributed by atoms with Crippen LogP contribution in [0.2, 0.25) is 0 Å². The molecular weight excluding hydrogens is 379 g/mol. The second kappa shape index (κ2) is 9.43. The van der Waals surface area contributed by atoms with Crippen molar-refractivity contribution in [3.8, 4) is 0 Å². The van der Waals surface area contributed by atoms with Crippen molar-refractivity contribution in [1.29, 1.82) is 0 Å². The Bertz CT molecular complexity index is 798. The number of likely N-dealkylation sites (tertiary alicyclic amines) is 1. The molecule has 8 heteroatoms. The third-order valence-corrected chi connectivity index (χ3v) is 4.97. The number of hydrogen-bond acceptors (Lipinski definition) is 4. The lowest BCUT2D eigenvalue weighted by Gasteiger charge is -2.32. The third kappa shape index (κ3) is 5.38. The molecule has 1 aromatic carbocycles. The molecule has 0 amide bonds. The van der Waals surface area contributed by atoms with E-state index in [2.05, 4.69) is 29.1 Å². The summed E-state index contributed by atoms with van der Waals surface area (Å²) >= 11 is 0. The molecule has 1 fully saturated rings. The van der Waals surface area contributed by atoms with Crippen molar-refractivity contribution in [2.75, 3.05) is 27.2 Å². The second-order valence-electron chi connectivity index (χ2n) is 7.12. The maximum Gasteiger partial charge on any atom is 0.416 e. The summed E-state index contributed by atoms with van der Waals surface area (Å²) in [6.45, 7) is 11.7. The maximum absolute atomic E-state index is 12.9. The van der Waals surface area contributed by atoms with Crippen LogP contribution in [0.3, 0.4) is 0 Å². The molecule has 0 bridgehead atoms. The number of likely N-dealkylation sites (N-methyl/N-ethyl adjacent to an activating group) is 2. The van der Waals surface area contributed by atoms with Crippen LogP contribution >= 0.6 is 0 Å². The van der Waals surface area contributed by atoms with Crippen molar-refractivity contribution in [3.05, 3.63) is 47.2 Å². The van der Waals surface area contributed by atoms with Crippen LogP contribution in [-0.4, -0.2) is 54.7 Å². The molecule has 2 aliphatic heterocycles. The zero-order valence-corrected chi connectivity index (χ0v) is 17.8. The van der Waals surface area contributed by atoms with Gasteiger partial charge in [0.2, 0.25) is 0 Å². The predicted octanol–water partition coefficient (Wildman–Crippen LogP) is 4.24. The summed E-state index contributed by atoms with van der Waals surface area (Å²) in [5, 5.41) is 4.36. The number of alkyl halides is 3. The number of benzene rings is 1. The lowest BCUT2D eigenvalue weighted by molar-refractivity contribution is -0.137. The number of nitrogens with one attached hydrogen (secondary N) is 1. The Morgan fingerprint density at radius 2 is 1.93 bits per heavy atom. The highest BCUT2D eigenvalue weighted by atomic mass is 19.4. The Morgan fingerprint density at radius 1 is 1.24 bits per heavy atom. The summed E-state index contributed by atoms with van der Waals surface area (Å²) in [6.07, 6.45) is -2.25. The van der Waals surface area contributed by atoms with Crippen molar-refractivity contribution < 1.29 is 13.2 Å². The monoisotopic (exact) mass is 409 g/mol. The zero-order chi connectivity index (χ0) is 21.8. The predicted molar refractivity (Wildman–Crippen MR) is 112 cm³/mol. The summed E-state index contributed by atoms with van der Waals surface area (Å²) in [4.78, 5) is 8.75. The highest BCUT2D eigenvalue weighted by Crippen LogP contribution is 2.31. The molecule has 0 aromatic heterocycles. The molecule has 160 valence electrons. The van der Waals surface area contributed by atoms with E-state index in [9.17, 15) is 13.2 Å². The number of piperidine rings is 1. The number of rotatable bonds is 2. The Hall–Kier alpha value is -2.35. The molecular formula is C21H30F3N5. The van der Waals surface area contributed by atoms with Crippen LogP contribution in [0.1, 0.15) is 43.4 Å². The van der Waals surface area contributed by atoms with Gasteiger partial charge in [-0.2, -0.15) is 18.3 Å². The van der Waals surface area contributed by atoms with Gasteiger partial charge in [0.05, 0.1) is 17.3 Å². The zero-order valence-electron chi connectivity index (χ0n) is 17.8. The highest BCUT2D eigenvalue weighted by Gasteiger charge is 2.32. The molecule has 5 nitrogen and oxygen atoms in total. The molecule has 0 spiro atoms. The van der Waals surface area contributed by atoms with Crippen LogP contribution < -0.4 is 5.43 Å². The van der Waals surface area contributed by atoms with Gasteiger partial charge in [0, 0.05) is 19.2 Å². The number of nitrogens with zero attached hydrogens (tertiary/aromatic N) is 4. The molecule has 3 rings (SSSR count). The fourth-order valence-electron chi connectivity index (χ4n) is 3.39. The third-order valence-electron chi connectivity index (χ3n) is 4.97. The topological polar surface area (TPSA) is 43.2 Å². The minimum Gasteiger partial charge on any atom is -0.325 e. The summed E-state index contributed by atoms with van der Waals surface area (Å²) in [5.74, 6) is 1.12. The van der Waals surface area contributed by atoms with Gasteiger partial charge in [0.1, 0.15) is 0 Å². The first-order chi connectivity index (χ1) is 13.7. The van der Waals surface area contributed by atoms with Crippen molar-refractivity contribution in [1.82, 2.24) is 15.2 Å². The summed E-state index contributed by atoms with van der Waals surface area (Å²) in [7, 11) is 3.87. The van der Waals surface area contributed by atoms with Crippen LogP contribution in [0.4, 0.5) is 13.2 Å². The van der Waals surface area contributed by atoms with E-state index in [1.807, 2.05) is 13.8 Å². The molecule has 29 heavy (non-hydrogen) atoms. The van der Waals surface area contributed by atoms with E-state index in [1.54, 1.807) is 18.9 Å². The van der Waals surface area contributed by atoms with Crippen LogP contribution in [-0.2, 0) is 6.18 Å². The normalized spacial score (nSPS) is 22.0.